The van der Waals surface area contributed by atoms with Crippen molar-refractivity contribution >= 4 is 17.4 Å². The number of nitrogen functional groups attached to an aromatic ring is 1. The van der Waals surface area contributed by atoms with Crippen LogP contribution in [-0.4, -0.2) is 18.5 Å². The molecular formula is C12H17NOS. The Labute approximate surface area is 95.2 Å². The second kappa shape index (κ2) is 4.90. The summed E-state index contributed by atoms with van der Waals surface area (Å²) in [7, 11) is 0. The van der Waals surface area contributed by atoms with Crippen molar-refractivity contribution in [1.82, 2.24) is 0 Å². The molecule has 0 radical (unpaired) electrons. The first-order valence-electron chi connectivity index (χ1n) is 5.37. The Morgan fingerprint density at radius 3 is 3.07 bits per heavy atom. The summed E-state index contributed by atoms with van der Waals surface area (Å²) in [5.41, 5.74) is 8.09. The Hall–Kier alpha value is -0.670. The van der Waals surface area contributed by atoms with Gasteiger partial charge < -0.3 is 10.5 Å². The van der Waals surface area contributed by atoms with E-state index in [0.717, 1.165) is 18.0 Å². The minimum atomic E-state index is 0.425. The molecular weight excluding hydrogens is 206 g/mol. The van der Waals surface area contributed by atoms with Crippen molar-refractivity contribution < 1.29 is 4.74 Å². The summed E-state index contributed by atoms with van der Waals surface area (Å²) in [5, 5.41) is 0. The van der Waals surface area contributed by atoms with Crippen LogP contribution in [0.25, 0.3) is 0 Å². The zero-order valence-corrected chi connectivity index (χ0v) is 9.85. The van der Waals surface area contributed by atoms with Gasteiger partial charge in [-0.15, -0.1) is 11.8 Å². The quantitative estimate of drug-likeness (QED) is 0.632. The van der Waals surface area contributed by atoms with Gasteiger partial charge in [0.15, 0.2) is 0 Å². The fourth-order valence-electron chi connectivity index (χ4n) is 1.82. The van der Waals surface area contributed by atoms with Crippen LogP contribution in [0.1, 0.15) is 18.4 Å². The van der Waals surface area contributed by atoms with Crippen molar-refractivity contribution in [2.75, 3.05) is 18.1 Å². The number of thioether (sulfide) groups is 1. The van der Waals surface area contributed by atoms with Crippen LogP contribution < -0.4 is 5.73 Å². The average molecular weight is 223 g/mol. The Morgan fingerprint density at radius 1 is 1.53 bits per heavy atom. The van der Waals surface area contributed by atoms with Gasteiger partial charge in [0.1, 0.15) is 0 Å². The highest BCUT2D eigenvalue weighted by atomic mass is 32.2. The monoisotopic (exact) mass is 223 g/mol. The first kappa shape index (κ1) is 10.8. The second-order valence-electron chi connectivity index (χ2n) is 3.94. The van der Waals surface area contributed by atoms with E-state index in [-0.39, 0.29) is 0 Å². The van der Waals surface area contributed by atoms with Crippen molar-refractivity contribution in [1.29, 1.82) is 0 Å². The Kier molecular flexibility index (Phi) is 3.54. The van der Waals surface area contributed by atoms with Gasteiger partial charge in [0.25, 0.3) is 0 Å². The summed E-state index contributed by atoms with van der Waals surface area (Å²) in [4.78, 5) is 1.22. The fourth-order valence-corrected chi connectivity index (χ4v) is 2.97. The summed E-state index contributed by atoms with van der Waals surface area (Å²) >= 11 is 1.82. The zero-order valence-electron chi connectivity index (χ0n) is 9.03. The molecule has 0 bridgehead atoms. The van der Waals surface area contributed by atoms with Gasteiger partial charge in [-0.25, -0.2) is 0 Å². The van der Waals surface area contributed by atoms with Crippen LogP contribution in [0.2, 0.25) is 0 Å². The lowest BCUT2D eigenvalue weighted by molar-refractivity contribution is 0.129. The molecule has 0 aliphatic carbocycles. The van der Waals surface area contributed by atoms with E-state index in [9.17, 15) is 0 Å². The third kappa shape index (κ3) is 2.67. The minimum Gasteiger partial charge on any atom is -0.398 e. The average Bonchev–Trinajstić information content (AvgIpc) is 2.70. The lowest BCUT2D eigenvalue weighted by Gasteiger charge is -2.12. The molecule has 0 spiro atoms. The van der Waals surface area contributed by atoms with Crippen molar-refractivity contribution in [2.24, 2.45) is 0 Å². The SMILES string of the molecule is Cc1cccc(N)c1SCC1CCCO1. The molecule has 2 rings (SSSR count). The van der Waals surface area contributed by atoms with Crippen LogP contribution in [0.3, 0.4) is 0 Å². The molecule has 2 nitrogen and oxygen atoms in total. The van der Waals surface area contributed by atoms with E-state index in [1.165, 1.54) is 23.3 Å². The maximum absolute atomic E-state index is 5.94. The number of aryl methyl sites for hydroxylation is 1. The molecule has 1 aromatic carbocycles. The highest BCUT2D eigenvalue weighted by Gasteiger charge is 2.16. The molecule has 1 aromatic rings. The molecule has 2 N–H and O–H groups in total. The Morgan fingerprint density at radius 2 is 2.40 bits per heavy atom. The van der Waals surface area contributed by atoms with Crippen LogP contribution in [0.15, 0.2) is 23.1 Å². The first-order valence-corrected chi connectivity index (χ1v) is 6.35. The van der Waals surface area contributed by atoms with Gasteiger partial charge in [0, 0.05) is 22.9 Å². The van der Waals surface area contributed by atoms with Gasteiger partial charge in [0.05, 0.1) is 6.10 Å². The molecule has 1 saturated heterocycles. The van der Waals surface area contributed by atoms with Crippen LogP contribution in [0, 0.1) is 6.92 Å². The maximum Gasteiger partial charge on any atom is 0.0669 e. The number of nitrogens with two attached hydrogens (primary N) is 1. The molecule has 82 valence electrons. The summed E-state index contributed by atoms with van der Waals surface area (Å²) in [6.07, 6.45) is 2.82. The normalized spacial score (nSPS) is 20.7. The summed E-state index contributed by atoms with van der Waals surface area (Å²) in [6.45, 7) is 3.03. The fraction of sp³-hybridized carbons (Fsp3) is 0.500. The number of hydrogen-bond acceptors (Lipinski definition) is 3. The van der Waals surface area contributed by atoms with Gasteiger partial charge in [-0.3, -0.25) is 0 Å². The topological polar surface area (TPSA) is 35.2 Å². The van der Waals surface area contributed by atoms with E-state index in [2.05, 4.69) is 13.0 Å². The summed E-state index contributed by atoms with van der Waals surface area (Å²) in [5.74, 6) is 1.02. The number of hydrogen-bond donors (Lipinski definition) is 1. The molecule has 1 aliphatic rings. The van der Waals surface area contributed by atoms with Crippen molar-refractivity contribution in [3.05, 3.63) is 23.8 Å². The zero-order chi connectivity index (χ0) is 10.7. The number of benzene rings is 1. The van der Waals surface area contributed by atoms with Gasteiger partial charge >= 0.3 is 0 Å². The van der Waals surface area contributed by atoms with Crippen molar-refractivity contribution in [3.8, 4) is 0 Å². The van der Waals surface area contributed by atoms with E-state index in [4.69, 9.17) is 10.5 Å². The standard InChI is InChI=1S/C12H17NOS/c1-9-4-2-6-11(13)12(9)15-8-10-5-3-7-14-10/h2,4,6,10H,3,5,7-8,13H2,1H3. The summed E-state index contributed by atoms with van der Waals surface area (Å²) in [6, 6.07) is 6.07. The molecule has 1 unspecified atom stereocenters. The van der Waals surface area contributed by atoms with E-state index >= 15 is 0 Å². The van der Waals surface area contributed by atoms with Crippen LogP contribution in [0.5, 0.6) is 0 Å². The molecule has 1 atom stereocenters. The third-order valence-corrected chi connectivity index (χ3v) is 4.06. The van der Waals surface area contributed by atoms with Crippen LogP contribution in [-0.2, 0) is 4.74 Å². The highest BCUT2D eigenvalue weighted by molar-refractivity contribution is 7.99. The molecule has 0 aromatic heterocycles. The third-order valence-electron chi connectivity index (χ3n) is 2.68. The predicted molar refractivity (Wildman–Crippen MR) is 65.3 cm³/mol. The largest absolute Gasteiger partial charge is 0.398 e. The number of anilines is 1. The molecule has 3 heteroatoms. The Balaban J connectivity index is 1.97. The van der Waals surface area contributed by atoms with Crippen LogP contribution >= 0.6 is 11.8 Å². The highest BCUT2D eigenvalue weighted by Crippen LogP contribution is 2.30. The van der Waals surface area contributed by atoms with E-state index in [0.29, 0.717) is 6.10 Å². The molecule has 1 heterocycles. The smallest absolute Gasteiger partial charge is 0.0669 e. The van der Waals surface area contributed by atoms with E-state index in [1.54, 1.807) is 0 Å². The van der Waals surface area contributed by atoms with E-state index < -0.39 is 0 Å². The number of ether oxygens (including phenoxy) is 1. The predicted octanol–water partition coefficient (Wildman–Crippen LogP) is 2.85. The lowest BCUT2D eigenvalue weighted by atomic mass is 10.2. The lowest BCUT2D eigenvalue weighted by Crippen LogP contribution is -2.08. The van der Waals surface area contributed by atoms with E-state index in [1.807, 2.05) is 23.9 Å². The molecule has 1 aliphatic heterocycles. The maximum atomic E-state index is 5.94. The van der Waals surface area contributed by atoms with Gasteiger partial charge in [-0.1, -0.05) is 12.1 Å². The van der Waals surface area contributed by atoms with Crippen molar-refractivity contribution in [3.63, 3.8) is 0 Å². The van der Waals surface area contributed by atoms with Gasteiger partial charge in [0.2, 0.25) is 0 Å². The molecule has 0 saturated carbocycles. The van der Waals surface area contributed by atoms with Gasteiger partial charge in [-0.05, 0) is 31.4 Å². The van der Waals surface area contributed by atoms with Crippen LogP contribution in [0.4, 0.5) is 5.69 Å². The molecule has 0 amide bonds. The molecule has 15 heavy (non-hydrogen) atoms. The second-order valence-corrected chi connectivity index (χ2v) is 4.97. The summed E-state index contributed by atoms with van der Waals surface area (Å²) < 4.78 is 5.59. The Bertz CT molecular complexity index is 314. The van der Waals surface area contributed by atoms with Crippen molar-refractivity contribution in [2.45, 2.75) is 30.8 Å². The van der Waals surface area contributed by atoms with Gasteiger partial charge in [-0.2, -0.15) is 0 Å². The first-order chi connectivity index (χ1) is 7.27. The number of rotatable bonds is 3. The molecule has 1 fully saturated rings. The minimum absolute atomic E-state index is 0.425.